The fourth-order valence-corrected chi connectivity index (χ4v) is 0.938. The van der Waals surface area contributed by atoms with Crippen LogP contribution >= 0.6 is 0 Å². The summed E-state index contributed by atoms with van der Waals surface area (Å²) >= 11 is 0. The topological polar surface area (TPSA) is 66.5 Å². The van der Waals surface area contributed by atoms with E-state index in [9.17, 15) is 4.79 Å². The second-order valence-electron chi connectivity index (χ2n) is 2.11. The Balaban J connectivity index is 3.03. The summed E-state index contributed by atoms with van der Waals surface area (Å²) in [5, 5.41) is 3.91. The highest BCUT2D eigenvalue weighted by Crippen LogP contribution is 2.01. The zero-order chi connectivity index (χ0) is 7.14. The van der Waals surface area contributed by atoms with Gasteiger partial charge in [0.2, 0.25) is 0 Å². The third-order valence-corrected chi connectivity index (χ3v) is 1.42. The smallest absolute Gasteiger partial charge is 0.303 e. The molecule has 0 aliphatic carbocycles. The Bertz CT molecular complexity index is 406. The molecule has 2 N–H and O–H groups in total. The van der Waals surface area contributed by atoms with Gasteiger partial charge in [-0.25, -0.2) is 4.79 Å². The molecular formula is C5H6N4O. The molecule has 2 aromatic heterocycles. The second-order valence-corrected chi connectivity index (χ2v) is 2.11. The summed E-state index contributed by atoms with van der Waals surface area (Å²) in [6, 6.07) is 0. The number of hydrogen-bond donors (Lipinski definition) is 2. The van der Waals surface area contributed by atoms with E-state index in [0.717, 1.165) is 11.2 Å². The van der Waals surface area contributed by atoms with E-state index in [1.54, 1.807) is 17.9 Å². The van der Waals surface area contributed by atoms with Crippen LogP contribution in [0.2, 0.25) is 0 Å². The molecule has 52 valence electrons. The van der Waals surface area contributed by atoms with Gasteiger partial charge < -0.3 is 4.98 Å². The van der Waals surface area contributed by atoms with Crippen LogP contribution < -0.4 is 5.69 Å². The number of rotatable bonds is 0. The van der Waals surface area contributed by atoms with E-state index in [4.69, 9.17) is 0 Å². The van der Waals surface area contributed by atoms with Crippen LogP contribution in [-0.2, 0) is 7.05 Å². The highest BCUT2D eigenvalue weighted by molar-refractivity contribution is 5.68. The molecule has 0 aliphatic heterocycles. The maximum Gasteiger partial charge on any atom is 0.325 e. The van der Waals surface area contributed by atoms with Crippen molar-refractivity contribution in [3.05, 3.63) is 16.7 Å². The largest absolute Gasteiger partial charge is 0.325 e. The fraction of sp³-hybridized carbons (Fsp3) is 0.200. The summed E-state index contributed by atoms with van der Waals surface area (Å²) < 4.78 is 1.60. The SMILES string of the molecule is Cn1ncc2[nH]c(=O)[nH]c21. The Morgan fingerprint density at radius 2 is 2.40 bits per heavy atom. The molecule has 10 heavy (non-hydrogen) atoms. The van der Waals surface area contributed by atoms with Crippen LogP contribution in [0.15, 0.2) is 11.0 Å². The Morgan fingerprint density at radius 3 is 3.10 bits per heavy atom. The van der Waals surface area contributed by atoms with Gasteiger partial charge in [-0.15, -0.1) is 0 Å². The molecule has 0 spiro atoms. The zero-order valence-corrected chi connectivity index (χ0v) is 5.38. The van der Waals surface area contributed by atoms with Crippen molar-refractivity contribution < 1.29 is 0 Å². The monoisotopic (exact) mass is 138 g/mol. The number of nitrogens with zero attached hydrogens (tertiary/aromatic N) is 2. The van der Waals surface area contributed by atoms with E-state index < -0.39 is 0 Å². The highest BCUT2D eigenvalue weighted by Gasteiger charge is 2.00. The number of aryl methyl sites for hydroxylation is 1. The molecule has 2 aromatic rings. The van der Waals surface area contributed by atoms with Gasteiger partial charge in [-0.3, -0.25) is 9.67 Å². The fourth-order valence-electron chi connectivity index (χ4n) is 0.938. The lowest BCUT2D eigenvalue weighted by atomic mass is 10.6. The van der Waals surface area contributed by atoms with Gasteiger partial charge in [0.25, 0.3) is 0 Å². The Morgan fingerprint density at radius 1 is 1.60 bits per heavy atom. The predicted octanol–water partition coefficient (Wildman–Crippen LogP) is -0.410. The lowest BCUT2D eigenvalue weighted by Crippen LogP contribution is -2.02. The third kappa shape index (κ3) is 0.513. The first kappa shape index (κ1) is 5.28. The molecule has 5 nitrogen and oxygen atoms in total. The molecule has 0 saturated heterocycles. The van der Waals surface area contributed by atoms with E-state index >= 15 is 0 Å². The summed E-state index contributed by atoms with van der Waals surface area (Å²) in [5.41, 5.74) is 1.28. The lowest BCUT2D eigenvalue weighted by Gasteiger charge is -1.83. The molecule has 0 saturated carbocycles. The van der Waals surface area contributed by atoms with Crippen molar-refractivity contribution in [2.75, 3.05) is 0 Å². The van der Waals surface area contributed by atoms with Crippen LogP contribution in [-0.4, -0.2) is 19.7 Å². The first-order valence-corrected chi connectivity index (χ1v) is 2.87. The Hall–Kier alpha value is -1.52. The number of aromatic amines is 2. The molecule has 0 bridgehead atoms. The Labute approximate surface area is 55.7 Å². The number of imidazole rings is 1. The zero-order valence-electron chi connectivity index (χ0n) is 5.38. The number of aromatic nitrogens is 4. The van der Waals surface area contributed by atoms with Gasteiger partial charge >= 0.3 is 5.69 Å². The van der Waals surface area contributed by atoms with Crippen LogP contribution in [0.1, 0.15) is 0 Å². The third-order valence-electron chi connectivity index (χ3n) is 1.42. The molecule has 2 rings (SSSR count). The number of H-pyrrole nitrogens is 2. The number of hydrogen-bond acceptors (Lipinski definition) is 2. The van der Waals surface area contributed by atoms with Crippen molar-refractivity contribution in [1.29, 1.82) is 0 Å². The standard InChI is InChI=1S/C5H6N4O/c1-9-4-3(2-6-9)7-5(10)8-4/h2H,1H3,(H2,7,8,10). The summed E-state index contributed by atoms with van der Waals surface area (Å²) in [6.45, 7) is 0. The summed E-state index contributed by atoms with van der Waals surface area (Å²) in [5.74, 6) is 0. The van der Waals surface area contributed by atoms with Crippen molar-refractivity contribution in [1.82, 2.24) is 19.7 Å². The maximum atomic E-state index is 10.6. The first-order chi connectivity index (χ1) is 4.77. The van der Waals surface area contributed by atoms with Gasteiger partial charge in [0.1, 0.15) is 5.52 Å². The quantitative estimate of drug-likeness (QED) is 0.519. The van der Waals surface area contributed by atoms with Crippen LogP contribution in [0.5, 0.6) is 0 Å². The van der Waals surface area contributed by atoms with Crippen LogP contribution in [0.4, 0.5) is 0 Å². The van der Waals surface area contributed by atoms with Gasteiger partial charge in [-0.05, 0) is 0 Å². The van der Waals surface area contributed by atoms with Crippen molar-refractivity contribution in [3.63, 3.8) is 0 Å². The lowest BCUT2D eigenvalue weighted by molar-refractivity contribution is 0.784. The van der Waals surface area contributed by atoms with Crippen molar-refractivity contribution >= 4 is 11.2 Å². The molecule has 0 unspecified atom stereocenters. The molecule has 0 atom stereocenters. The summed E-state index contributed by atoms with van der Waals surface area (Å²) in [7, 11) is 1.77. The average Bonchev–Trinajstić information content (AvgIpc) is 2.35. The van der Waals surface area contributed by atoms with Gasteiger partial charge in [0, 0.05) is 7.05 Å². The average molecular weight is 138 g/mol. The summed E-state index contributed by atoms with van der Waals surface area (Å²) in [6.07, 6.45) is 1.60. The van der Waals surface area contributed by atoms with E-state index in [-0.39, 0.29) is 5.69 Å². The van der Waals surface area contributed by atoms with E-state index in [2.05, 4.69) is 15.1 Å². The normalized spacial score (nSPS) is 10.9. The molecular weight excluding hydrogens is 132 g/mol. The number of fused-ring (bicyclic) bond motifs is 1. The van der Waals surface area contributed by atoms with E-state index in [1.807, 2.05) is 0 Å². The van der Waals surface area contributed by atoms with Gasteiger partial charge in [0.05, 0.1) is 6.20 Å². The minimum atomic E-state index is -0.192. The molecule has 0 amide bonds. The summed E-state index contributed by atoms with van der Waals surface area (Å²) in [4.78, 5) is 15.8. The second kappa shape index (κ2) is 1.50. The first-order valence-electron chi connectivity index (χ1n) is 2.87. The molecule has 0 radical (unpaired) electrons. The van der Waals surface area contributed by atoms with Gasteiger partial charge in [-0.2, -0.15) is 5.10 Å². The molecule has 0 aromatic carbocycles. The Kier molecular flexibility index (Phi) is 0.791. The minimum Gasteiger partial charge on any atom is -0.303 e. The van der Waals surface area contributed by atoms with E-state index in [0.29, 0.717) is 0 Å². The molecule has 0 aliphatic rings. The van der Waals surface area contributed by atoms with Crippen LogP contribution in [0.25, 0.3) is 11.2 Å². The predicted molar refractivity (Wildman–Crippen MR) is 35.7 cm³/mol. The van der Waals surface area contributed by atoms with Gasteiger partial charge in [-0.1, -0.05) is 0 Å². The molecule has 0 fully saturated rings. The van der Waals surface area contributed by atoms with Crippen molar-refractivity contribution in [3.8, 4) is 0 Å². The van der Waals surface area contributed by atoms with Crippen molar-refractivity contribution in [2.45, 2.75) is 0 Å². The van der Waals surface area contributed by atoms with Crippen molar-refractivity contribution in [2.24, 2.45) is 7.05 Å². The maximum absolute atomic E-state index is 10.6. The van der Waals surface area contributed by atoms with Crippen LogP contribution in [0, 0.1) is 0 Å². The molecule has 2 heterocycles. The molecule has 5 heteroatoms. The minimum absolute atomic E-state index is 0.192. The number of nitrogens with one attached hydrogen (secondary N) is 2. The van der Waals surface area contributed by atoms with Crippen LogP contribution in [0.3, 0.4) is 0 Å². The van der Waals surface area contributed by atoms with Gasteiger partial charge in [0.15, 0.2) is 5.65 Å². The highest BCUT2D eigenvalue weighted by atomic mass is 16.1. The van der Waals surface area contributed by atoms with E-state index in [1.165, 1.54) is 0 Å².